The highest BCUT2D eigenvalue weighted by atomic mass is 32.1. The minimum absolute atomic E-state index is 0.00776. The van der Waals surface area contributed by atoms with Crippen molar-refractivity contribution in [2.24, 2.45) is 5.73 Å². The van der Waals surface area contributed by atoms with Crippen molar-refractivity contribution in [3.63, 3.8) is 0 Å². The van der Waals surface area contributed by atoms with E-state index in [9.17, 15) is 29.4 Å². The van der Waals surface area contributed by atoms with Crippen LogP contribution < -0.4 is 21.7 Å². The number of carboxylic acids is 1. The number of phenolic OH excluding ortho intramolecular Hbond substituents is 2. The Hall–Kier alpha value is -3.81. The molecule has 4 atom stereocenters. The van der Waals surface area contributed by atoms with Gasteiger partial charge in [-0.1, -0.05) is 24.3 Å². The molecule has 0 spiro atoms. The SMILES string of the molecule is NC(Cc1ccc(O)cc1)C(=O)NC(Cc1ccc(O)cc1)C(=O)NC(CS)C(=O)NC(CO)C(=O)O. The molecule has 0 saturated heterocycles. The van der Waals surface area contributed by atoms with Crippen LogP contribution in [0.2, 0.25) is 0 Å². The number of hydrogen-bond donors (Lipinski definition) is 9. The third-order valence-corrected chi connectivity index (χ3v) is 5.72. The van der Waals surface area contributed by atoms with Crippen LogP contribution in [0.3, 0.4) is 0 Å². The first-order chi connectivity index (χ1) is 17.5. The fourth-order valence-electron chi connectivity index (χ4n) is 3.26. The number of thiol groups is 1. The number of benzene rings is 2. The van der Waals surface area contributed by atoms with Crippen LogP contribution >= 0.6 is 12.6 Å². The Balaban J connectivity index is 2.16. The molecule has 3 amide bonds. The van der Waals surface area contributed by atoms with Crippen molar-refractivity contribution in [1.82, 2.24) is 16.0 Å². The smallest absolute Gasteiger partial charge is 0.328 e. The molecule has 13 heteroatoms. The quantitative estimate of drug-likeness (QED) is 0.139. The molecule has 4 unspecified atom stereocenters. The van der Waals surface area contributed by atoms with Crippen LogP contribution in [0.1, 0.15) is 11.1 Å². The standard InChI is InChI=1S/C24H30N4O8S/c25-17(9-13-1-5-15(30)6-2-13)21(32)26-18(10-14-3-7-16(31)8-4-14)22(33)28-20(12-37)23(34)27-19(11-29)24(35)36/h1-8,17-20,29-31,37H,9-12,25H2,(H,26,32)(H,27,34)(H,28,33)(H,35,36). The maximum Gasteiger partial charge on any atom is 0.328 e. The third kappa shape index (κ3) is 9.29. The van der Waals surface area contributed by atoms with E-state index >= 15 is 0 Å². The highest BCUT2D eigenvalue weighted by molar-refractivity contribution is 7.80. The van der Waals surface area contributed by atoms with Gasteiger partial charge in [0.05, 0.1) is 12.6 Å². The summed E-state index contributed by atoms with van der Waals surface area (Å²) in [4.78, 5) is 49.5. The molecule has 2 aromatic carbocycles. The van der Waals surface area contributed by atoms with Gasteiger partial charge in [-0.15, -0.1) is 0 Å². The molecule has 0 fully saturated rings. The average molecular weight is 535 g/mol. The van der Waals surface area contributed by atoms with Crippen molar-refractivity contribution >= 4 is 36.3 Å². The largest absolute Gasteiger partial charge is 0.508 e. The van der Waals surface area contributed by atoms with Crippen LogP contribution in [0.5, 0.6) is 11.5 Å². The first kappa shape index (κ1) is 29.4. The van der Waals surface area contributed by atoms with E-state index in [0.29, 0.717) is 11.1 Å². The van der Waals surface area contributed by atoms with Crippen molar-refractivity contribution < 1.29 is 39.6 Å². The van der Waals surface area contributed by atoms with Gasteiger partial charge >= 0.3 is 5.97 Å². The molecule has 0 aromatic heterocycles. The molecule has 0 heterocycles. The van der Waals surface area contributed by atoms with Gasteiger partial charge in [0.25, 0.3) is 0 Å². The van der Waals surface area contributed by atoms with Gasteiger partial charge in [0.1, 0.15) is 29.6 Å². The number of hydrogen-bond acceptors (Lipinski definition) is 9. The van der Waals surface area contributed by atoms with Gasteiger partial charge in [0.15, 0.2) is 0 Å². The Morgan fingerprint density at radius 3 is 1.62 bits per heavy atom. The van der Waals surface area contributed by atoms with E-state index < -0.39 is 54.5 Å². The van der Waals surface area contributed by atoms with E-state index in [1.54, 1.807) is 24.3 Å². The monoisotopic (exact) mass is 534 g/mol. The second-order valence-corrected chi connectivity index (χ2v) is 8.60. The van der Waals surface area contributed by atoms with Crippen molar-refractivity contribution in [3.05, 3.63) is 59.7 Å². The second kappa shape index (κ2) is 14.1. The molecule has 0 aliphatic rings. The summed E-state index contributed by atoms with van der Waals surface area (Å²) < 4.78 is 0. The number of nitrogens with one attached hydrogen (secondary N) is 3. The molecule has 2 rings (SSSR count). The zero-order valence-electron chi connectivity index (χ0n) is 19.7. The number of aromatic hydroxyl groups is 2. The van der Waals surface area contributed by atoms with Gasteiger partial charge in [0.2, 0.25) is 17.7 Å². The number of aliphatic carboxylic acids is 1. The summed E-state index contributed by atoms with van der Waals surface area (Å²) in [6.07, 6.45) is 0.109. The van der Waals surface area contributed by atoms with Crippen LogP contribution in [-0.2, 0) is 32.0 Å². The average Bonchev–Trinajstić information content (AvgIpc) is 2.87. The van der Waals surface area contributed by atoms with E-state index in [2.05, 4.69) is 28.6 Å². The normalized spacial score (nSPS) is 14.0. The summed E-state index contributed by atoms with van der Waals surface area (Å²) in [5, 5.41) is 44.2. The van der Waals surface area contributed by atoms with Gasteiger partial charge in [-0.2, -0.15) is 12.6 Å². The zero-order chi connectivity index (χ0) is 27.5. The number of rotatable bonds is 13. The number of aliphatic hydroxyl groups excluding tert-OH is 1. The Bertz CT molecular complexity index is 1080. The number of aliphatic hydroxyl groups is 1. The summed E-state index contributed by atoms with van der Waals surface area (Å²) >= 11 is 4.04. The molecule has 0 bridgehead atoms. The van der Waals surface area contributed by atoms with Gasteiger partial charge in [0, 0.05) is 12.2 Å². The molecule has 0 aliphatic carbocycles. The Morgan fingerprint density at radius 1 is 0.730 bits per heavy atom. The molecule has 37 heavy (non-hydrogen) atoms. The number of carboxylic acid groups (broad SMARTS) is 1. The highest BCUT2D eigenvalue weighted by Crippen LogP contribution is 2.13. The van der Waals surface area contributed by atoms with Gasteiger partial charge in [-0.25, -0.2) is 4.79 Å². The number of amides is 3. The highest BCUT2D eigenvalue weighted by Gasteiger charge is 2.30. The molecular weight excluding hydrogens is 504 g/mol. The fourth-order valence-corrected chi connectivity index (χ4v) is 3.52. The first-order valence-corrected chi connectivity index (χ1v) is 11.8. The molecule has 0 saturated carbocycles. The van der Waals surface area contributed by atoms with E-state index in [1.165, 1.54) is 24.3 Å². The number of carbonyl (C=O) groups excluding carboxylic acids is 3. The van der Waals surface area contributed by atoms with Crippen molar-refractivity contribution in [3.8, 4) is 11.5 Å². The molecule has 2 aromatic rings. The molecular formula is C24H30N4O8S. The van der Waals surface area contributed by atoms with E-state index in [1.807, 2.05) is 0 Å². The molecule has 12 nitrogen and oxygen atoms in total. The van der Waals surface area contributed by atoms with Crippen LogP contribution in [0.25, 0.3) is 0 Å². The molecule has 0 radical (unpaired) electrons. The van der Waals surface area contributed by atoms with E-state index in [0.717, 1.165) is 0 Å². The van der Waals surface area contributed by atoms with Crippen molar-refractivity contribution in [2.45, 2.75) is 37.0 Å². The van der Waals surface area contributed by atoms with Crippen molar-refractivity contribution in [2.75, 3.05) is 12.4 Å². The Labute approximate surface area is 218 Å². The summed E-state index contributed by atoms with van der Waals surface area (Å²) in [6.45, 7) is -0.854. The van der Waals surface area contributed by atoms with Gasteiger partial charge < -0.3 is 42.1 Å². The molecule has 9 N–H and O–H groups in total. The lowest BCUT2D eigenvalue weighted by Crippen LogP contribution is -2.58. The Morgan fingerprint density at radius 2 is 1.16 bits per heavy atom. The Kier molecular flexibility index (Phi) is 11.2. The van der Waals surface area contributed by atoms with Crippen LogP contribution in [-0.4, -0.2) is 80.6 Å². The second-order valence-electron chi connectivity index (χ2n) is 8.23. The predicted octanol–water partition coefficient (Wildman–Crippen LogP) is -1.33. The van der Waals surface area contributed by atoms with E-state index in [4.69, 9.17) is 15.9 Å². The lowest BCUT2D eigenvalue weighted by molar-refractivity contribution is -0.143. The summed E-state index contributed by atoms with van der Waals surface area (Å²) in [7, 11) is 0. The third-order valence-electron chi connectivity index (χ3n) is 5.35. The minimum Gasteiger partial charge on any atom is -0.508 e. The zero-order valence-corrected chi connectivity index (χ0v) is 20.6. The van der Waals surface area contributed by atoms with Crippen LogP contribution in [0, 0.1) is 0 Å². The lowest BCUT2D eigenvalue weighted by Gasteiger charge is -2.24. The summed E-state index contributed by atoms with van der Waals surface area (Å²) in [6, 6.07) is 6.98. The topological polar surface area (TPSA) is 211 Å². The van der Waals surface area contributed by atoms with Gasteiger partial charge in [-0.3, -0.25) is 14.4 Å². The fraction of sp³-hybridized carbons (Fsp3) is 0.333. The molecule has 200 valence electrons. The molecule has 0 aliphatic heterocycles. The maximum absolute atomic E-state index is 13.1. The summed E-state index contributed by atoms with van der Waals surface area (Å²) in [5.41, 5.74) is 7.30. The lowest BCUT2D eigenvalue weighted by atomic mass is 10.0. The van der Waals surface area contributed by atoms with Crippen molar-refractivity contribution in [1.29, 1.82) is 0 Å². The summed E-state index contributed by atoms with van der Waals surface area (Å²) in [5.74, 6) is -3.88. The van der Waals surface area contributed by atoms with Crippen LogP contribution in [0.15, 0.2) is 48.5 Å². The number of phenols is 2. The van der Waals surface area contributed by atoms with Crippen LogP contribution in [0.4, 0.5) is 0 Å². The maximum atomic E-state index is 13.1. The predicted molar refractivity (Wildman–Crippen MR) is 136 cm³/mol. The van der Waals surface area contributed by atoms with Gasteiger partial charge in [-0.05, 0) is 41.8 Å². The number of nitrogens with two attached hydrogens (primary N) is 1. The minimum atomic E-state index is -1.57. The first-order valence-electron chi connectivity index (χ1n) is 11.2. The number of carbonyl (C=O) groups is 4. The van der Waals surface area contributed by atoms with E-state index in [-0.39, 0.29) is 30.1 Å².